The van der Waals surface area contributed by atoms with E-state index in [-0.39, 0.29) is 19.9 Å². The third kappa shape index (κ3) is 4.43. The number of nitrogens with zero attached hydrogens (tertiary/aromatic N) is 1. The van der Waals surface area contributed by atoms with Gasteiger partial charge >= 0.3 is 0 Å². The number of rotatable bonds is 7. The van der Waals surface area contributed by atoms with Crippen molar-refractivity contribution >= 4 is 21.6 Å². The van der Waals surface area contributed by atoms with Crippen LogP contribution in [0, 0.1) is 0 Å². The van der Waals surface area contributed by atoms with Gasteiger partial charge in [-0.15, -0.1) is 0 Å². The molecule has 1 aliphatic rings. The Bertz CT molecular complexity index is 945. The maximum absolute atomic E-state index is 12.4. The molecule has 3 rings (SSSR count). The lowest BCUT2D eigenvalue weighted by Gasteiger charge is -2.22. The van der Waals surface area contributed by atoms with Crippen molar-refractivity contribution in [3.63, 3.8) is 0 Å². The molecule has 0 aliphatic carbocycles. The molecule has 0 unspecified atom stereocenters. The highest BCUT2D eigenvalue weighted by atomic mass is 32.2. The summed E-state index contributed by atoms with van der Waals surface area (Å²) in [6, 6.07) is 12.0. The summed E-state index contributed by atoms with van der Waals surface area (Å²) >= 11 is 0. The summed E-state index contributed by atoms with van der Waals surface area (Å²) in [5, 5.41) is 2.72. The van der Waals surface area contributed by atoms with Crippen molar-refractivity contribution in [1.29, 1.82) is 0 Å². The molecular formula is C18H20N2O6S. The van der Waals surface area contributed by atoms with Crippen LogP contribution in [0.15, 0.2) is 42.5 Å². The molecule has 1 N–H and O–H groups in total. The molecule has 0 saturated heterocycles. The number of hydrogen-bond acceptors (Lipinski definition) is 6. The van der Waals surface area contributed by atoms with Gasteiger partial charge in [0.15, 0.2) is 11.5 Å². The Hall–Kier alpha value is -2.94. The molecular weight excluding hydrogens is 372 g/mol. The van der Waals surface area contributed by atoms with Gasteiger partial charge in [0.05, 0.1) is 19.1 Å². The second-order valence-corrected chi connectivity index (χ2v) is 7.80. The minimum absolute atomic E-state index is 0.0804. The van der Waals surface area contributed by atoms with E-state index in [0.717, 1.165) is 16.1 Å². The molecule has 144 valence electrons. The Balaban J connectivity index is 1.72. The fourth-order valence-electron chi connectivity index (χ4n) is 2.67. The van der Waals surface area contributed by atoms with Crippen LogP contribution in [0.3, 0.4) is 0 Å². The quantitative estimate of drug-likeness (QED) is 0.768. The molecule has 0 spiro atoms. The maximum atomic E-state index is 12.4. The summed E-state index contributed by atoms with van der Waals surface area (Å²) in [5.41, 5.74) is 1.12. The SMILES string of the molecule is COc1ccccc1CNC(=O)CN(c1ccc2c(c1)OCO2)S(C)(=O)=O. The number of carbonyl (C=O) groups is 1. The van der Waals surface area contributed by atoms with Crippen LogP contribution >= 0.6 is 0 Å². The molecule has 2 aromatic rings. The standard InChI is InChI=1S/C18H20N2O6S/c1-24-15-6-4-3-5-13(15)10-19-18(21)11-20(27(2,22)23)14-7-8-16-17(9-14)26-12-25-16/h3-9H,10-12H2,1-2H3,(H,19,21). The van der Waals surface area contributed by atoms with Crippen LogP contribution in [-0.2, 0) is 21.4 Å². The molecule has 9 heteroatoms. The van der Waals surface area contributed by atoms with E-state index in [1.54, 1.807) is 25.3 Å². The monoisotopic (exact) mass is 392 g/mol. The van der Waals surface area contributed by atoms with E-state index in [1.165, 1.54) is 6.07 Å². The Kier molecular flexibility index (Phi) is 5.41. The van der Waals surface area contributed by atoms with Gasteiger partial charge in [-0.25, -0.2) is 8.42 Å². The second kappa shape index (κ2) is 7.75. The number of nitrogens with one attached hydrogen (secondary N) is 1. The molecule has 0 saturated carbocycles. The Morgan fingerprint density at radius 2 is 1.93 bits per heavy atom. The van der Waals surface area contributed by atoms with Crippen LogP contribution in [0.2, 0.25) is 0 Å². The zero-order chi connectivity index (χ0) is 19.4. The third-order valence-corrected chi connectivity index (χ3v) is 5.14. The summed E-state index contributed by atoms with van der Waals surface area (Å²) in [6.07, 6.45) is 1.05. The van der Waals surface area contributed by atoms with Gasteiger partial charge in [0, 0.05) is 18.2 Å². The molecule has 0 aromatic heterocycles. The van der Waals surface area contributed by atoms with Gasteiger partial charge in [0.25, 0.3) is 0 Å². The van der Waals surface area contributed by atoms with Gasteiger partial charge < -0.3 is 19.5 Å². The number of amides is 1. The molecule has 0 fully saturated rings. The minimum atomic E-state index is -3.67. The number of sulfonamides is 1. The Morgan fingerprint density at radius 3 is 2.67 bits per heavy atom. The number of benzene rings is 2. The first-order chi connectivity index (χ1) is 12.9. The molecule has 2 aromatic carbocycles. The second-order valence-electron chi connectivity index (χ2n) is 5.90. The fourth-order valence-corrected chi connectivity index (χ4v) is 3.52. The number of para-hydroxylation sites is 1. The third-order valence-electron chi connectivity index (χ3n) is 4.00. The smallest absolute Gasteiger partial charge is 0.241 e. The number of anilines is 1. The van der Waals surface area contributed by atoms with Gasteiger partial charge in [-0.1, -0.05) is 18.2 Å². The molecule has 0 atom stereocenters. The molecule has 8 nitrogen and oxygen atoms in total. The van der Waals surface area contributed by atoms with Crippen LogP contribution < -0.4 is 23.8 Å². The number of ether oxygens (including phenoxy) is 3. The van der Waals surface area contributed by atoms with E-state index in [1.807, 2.05) is 18.2 Å². The highest BCUT2D eigenvalue weighted by Gasteiger charge is 2.23. The van der Waals surface area contributed by atoms with Crippen LogP contribution in [0.25, 0.3) is 0 Å². The normalized spacial score (nSPS) is 12.5. The summed E-state index contributed by atoms with van der Waals surface area (Å²) in [6.45, 7) is -0.0493. The highest BCUT2D eigenvalue weighted by molar-refractivity contribution is 7.92. The largest absolute Gasteiger partial charge is 0.496 e. The highest BCUT2D eigenvalue weighted by Crippen LogP contribution is 2.36. The van der Waals surface area contributed by atoms with Gasteiger partial charge in [0.2, 0.25) is 22.7 Å². The average Bonchev–Trinajstić information content (AvgIpc) is 3.11. The van der Waals surface area contributed by atoms with Crippen molar-refractivity contribution in [3.05, 3.63) is 48.0 Å². The summed E-state index contributed by atoms with van der Waals surface area (Å²) < 4.78 is 41.2. The number of hydrogen-bond donors (Lipinski definition) is 1. The summed E-state index contributed by atoms with van der Waals surface area (Å²) in [4.78, 5) is 12.4. The van der Waals surface area contributed by atoms with Crippen molar-refractivity contribution in [2.24, 2.45) is 0 Å². The number of carbonyl (C=O) groups excluding carboxylic acids is 1. The first-order valence-corrected chi connectivity index (χ1v) is 9.99. The van der Waals surface area contributed by atoms with Crippen LogP contribution in [0.1, 0.15) is 5.56 Å². The molecule has 1 amide bonds. The zero-order valence-electron chi connectivity index (χ0n) is 15.0. The van der Waals surface area contributed by atoms with E-state index < -0.39 is 15.9 Å². The van der Waals surface area contributed by atoms with Crippen molar-refractivity contribution in [2.75, 3.05) is 31.0 Å². The van der Waals surface area contributed by atoms with Crippen molar-refractivity contribution in [3.8, 4) is 17.2 Å². The first kappa shape index (κ1) is 18.8. The lowest BCUT2D eigenvalue weighted by Crippen LogP contribution is -2.40. The lowest BCUT2D eigenvalue weighted by atomic mass is 10.2. The van der Waals surface area contributed by atoms with E-state index in [2.05, 4.69) is 5.32 Å². The zero-order valence-corrected chi connectivity index (χ0v) is 15.8. The molecule has 1 aliphatic heterocycles. The van der Waals surface area contributed by atoms with Crippen LogP contribution in [0.5, 0.6) is 17.2 Å². The van der Waals surface area contributed by atoms with Gasteiger partial charge in [0.1, 0.15) is 12.3 Å². The number of methoxy groups -OCH3 is 1. The van der Waals surface area contributed by atoms with Crippen molar-refractivity contribution in [1.82, 2.24) is 5.32 Å². The maximum Gasteiger partial charge on any atom is 0.241 e. The predicted octanol–water partition coefficient (Wildman–Crippen LogP) is 1.51. The number of fused-ring (bicyclic) bond motifs is 1. The topological polar surface area (TPSA) is 94.2 Å². The first-order valence-electron chi connectivity index (χ1n) is 8.14. The summed E-state index contributed by atoms with van der Waals surface area (Å²) in [7, 11) is -2.13. The van der Waals surface area contributed by atoms with Crippen molar-refractivity contribution in [2.45, 2.75) is 6.54 Å². The average molecular weight is 392 g/mol. The molecule has 1 heterocycles. The Labute approximate surface area is 157 Å². The summed E-state index contributed by atoms with van der Waals surface area (Å²) in [5.74, 6) is 1.18. The van der Waals surface area contributed by atoms with Gasteiger partial charge in [-0.05, 0) is 18.2 Å². The molecule has 0 radical (unpaired) electrons. The van der Waals surface area contributed by atoms with E-state index in [4.69, 9.17) is 14.2 Å². The molecule has 27 heavy (non-hydrogen) atoms. The van der Waals surface area contributed by atoms with E-state index in [9.17, 15) is 13.2 Å². The Morgan fingerprint density at radius 1 is 1.19 bits per heavy atom. The van der Waals surface area contributed by atoms with E-state index in [0.29, 0.717) is 22.9 Å². The van der Waals surface area contributed by atoms with E-state index >= 15 is 0 Å². The predicted molar refractivity (Wildman–Crippen MR) is 99.6 cm³/mol. The fraction of sp³-hybridized carbons (Fsp3) is 0.278. The van der Waals surface area contributed by atoms with Crippen molar-refractivity contribution < 1.29 is 27.4 Å². The van der Waals surface area contributed by atoms with Crippen LogP contribution in [0.4, 0.5) is 5.69 Å². The molecule has 0 bridgehead atoms. The van der Waals surface area contributed by atoms with Gasteiger partial charge in [-0.3, -0.25) is 9.10 Å². The lowest BCUT2D eigenvalue weighted by molar-refractivity contribution is -0.119. The van der Waals surface area contributed by atoms with Crippen LogP contribution in [-0.4, -0.2) is 41.0 Å². The van der Waals surface area contributed by atoms with Gasteiger partial charge in [-0.2, -0.15) is 0 Å². The minimum Gasteiger partial charge on any atom is -0.496 e.